The van der Waals surface area contributed by atoms with Gasteiger partial charge in [0.15, 0.2) is 0 Å². The summed E-state index contributed by atoms with van der Waals surface area (Å²) in [6.45, 7) is 2.54. The lowest BCUT2D eigenvalue weighted by Crippen LogP contribution is -2.36. The maximum Gasteiger partial charge on any atom is 0.278 e. The molecule has 0 unspecified atom stereocenters. The van der Waals surface area contributed by atoms with E-state index < -0.39 is 0 Å². The first-order valence-corrected chi connectivity index (χ1v) is 6.78. The number of anilines is 2. The molecule has 0 fully saturated rings. The molecule has 0 saturated carbocycles. The van der Waals surface area contributed by atoms with Gasteiger partial charge in [0, 0.05) is 19.3 Å². The molecule has 1 amide bonds. The molecule has 1 aromatic heterocycles. The van der Waals surface area contributed by atoms with E-state index >= 15 is 0 Å². The summed E-state index contributed by atoms with van der Waals surface area (Å²) in [5.41, 5.74) is 9.84. The lowest BCUT2D eigenvalue weighted by molar-refractivity contribution is 0.0977. The van der Waals surface area contributed by atoms with Crippen molar-refractivity contribution in [2.45, 2.75) is 19.8 Å². The average molecular weight is 270 g/mol. The first-order chi connectivity index (χ1) is 9.59. The Hall–Kier alpha value is -2.30. The van der Waals surface area contributed by atoms with Crippen LogP contribution in [0.3, 0.4) is 0 Å². The number of nitrogens with two attached hydrogens (primary N) is 1. The molecule has 104 valence electrons. The highest BCUT2D eigenvalue weighted by atomic mass is 16.2. The average Bonchev–Trinajstić information content (AvgIpc) is 2.71. The molecule has 5 nitrogen and oxygen atoms in total. The number of hydrogen-bond donors (Lipinski definition) is 1. The number of rotatable bonds is 1. The van der Waals surface area contributed by atoms with Crippen molar-refractivity contribution in [1.29, 1.82) is 0 Å². The second kappa shape index (κ2) is 4.67. The third-order valence-corrected chi connectivity index (χ3v) is 3.83. The molecule has 5 heteroatoms. The number of aryl methyl sites for hydroxylation is 3. The fourth-order valence-electron chi connectivity index (χ4n) is 2.80. The first kappa shape index (κ1) is 12.7. The summed E-state index contributed by atoms with van der Waals surface area (Å²) in [7, 11) is 1.76. The molecular weight excluding hydrogens is 252 g/mol. The van der Waals surface area contributed by atoms with Crippen LogP contribution in [0.4, 0.5) is 11.4 Å². The number of nitrogens with zero attached hydrogens (tertiary/aromatic N) is 3. The summed E-state index contributed by atoms with van der Waals surface area (Å²) >= 11 is 0. The zero-order valence-corrected chi connectivity index (χ0v) is 11.8. The van der Waals surface area contributed by atoms with Crippen LogP contribution >= 0.6 is 0 Å². The van der Waals surface area contributed by atoms with Gasteiger partial charge in [-0.1, -0.05) is 18.2 Å². The number of hydrogen-bond acceptors (Lipinski definition) is 3. The lowest BCUT2D eigenvalue weighted by atomic mass is 10.0. The number of benzene rings is 1. The second-order valence-corrected chi connectivity index (χ2v) is 5.16. The molecule has 3 rings (SSSR count). The molecule has 2 N–H and O–H groups in total. The van der Waals surface area contributed by atoms with Gasteiger partial charge < -0.3 is 10.6 Å². The van der Waals surface area contributed by atoms with Crippen molar-refractivity contribution in [2.24, 2.45) is 7.05 Å². The third-order valence-electron chi connectivity index (χ3n) is 3.83. The van der Waals surface area contributed by atoms with Crippen LogP contribution in [-0.2, 0) is 13.5 Å². The van der Waals surface area contributed by atoms with Gasteiger partial charge in [-0.25, -0.2) is 0 Å². The topological polar surface area (TPSA) is 64.2 Å². The Labute approximate surface area is 118 Å². The van der Waals surface area contributed by atoms with Crippen molar-refractivity contribution in [3.05, 3.63) is 41.2 Å². The van der Waals surface area contributed by atoms with Gasteiger partial charge in [-0.15, -0.1) is 0 Å². The quantitative estimate of drug-likeness (QED) is 0.860. The van der Waals surface area contributed by atoms with E-state index in [2.05, 4.69) is 11.2 Å². The minimum absolute atomic E-state index is 0.0715. The Morgan fingerprint density at radius 1 is 1.35 bits per heavy atom. The molecule has 1 aliphatic heterocycles. The van der Waals surface area contributed by atoms with Crippen LogP contribution in [0.15, 0.2) is 24.3 Å². The van der Waals surface area contributed by atoms with Crippen LogP contribution in [0.5, 0.6) is 0 Å². The Morgan fingerprint density at radius 2 is 2.10 bits per heavy atom. The maximum absolute atomic E-state index is 12.8. The van der Waals surface area contributed by atoms with Crippen molar-refractivity contribution in [1.82, 2.24) is 9.78 Å². The van der Waals surface area contributed by atoms with Gasteiger partial charge in [0.1, 0.15) is 5.69 Å². The van der Waals surface area contributed by atoms with Crippen molar-refractivity contribution in [3.63, 3.8) is 0 Å². The van der Waals surface area contributed by atoms with Gasteiger partial charge in [0.05, 0.1) is 11.4 Å². The minimum Gasteiger partial charge on any atom is -0.395 e. The summed E-state index contributed by atoms with van der Waals surface area (Å²) in [5, 5.41) is 4.23. The molecule has 1 aromatic carbocycles. The standard InChI is InChI=1S/C15H18N4O/c1-10-13(16)14(18(2)17-10)15(20)19-9-5-7-11-6-3-4-8-12(11)19/h3-4,6,8H,5,7,9,16H2,1-2H3. The molecule has 0 atom stereocenters. The van der Waals surface area contributed by atoms with E-state index in [9.17, 15) is 4.79 Å². The highest BCUT2D eigenvalue weighted by Gasteiger charge is 2.27. The predicted octanol–water partition coefficient (Wildman–Crippen LogP) is 1.90. The number of para-hydroxylation sites is 1. The second-order valence-electron chi connectivity index (χ2n) is 5.16. The molecule has 0 aliphatic carbocycles. The zero-order chi connectivity index (χ0) is 14.3. The Bertz CT molecular complexity index is 675. The van der Waals surface area contributed by atoms with Gasteiger partial charge in [-0.3, -0.25) is 9.48 Å². The van der Waals surface area contributed by atoms with Crippen molar-refractivity contribution >= 4 is 17.3 Å². The van der Waals surface area contributed by atoms with E-state index in [1.165, 1.54) is 5.56 Å². The lowest BCUT2D eigenvalue weighted by Gasteiger charge is -2.29. The fraction of sp³-hybridized carbons (Fsp3) is 0.333. The van der Waals surface area contributed by atoms with Gasteiger partial charge in [-0.05, 0) is 31.4 Å². The molecule has 2 heterocycles. The van der Waals surface area contributed by atoms with Gasteiger partial charge >= 0.3 is 0 Å². The number of amides is 1. The number of carbonyl (C=O) groups is 1. The van der Waals surface area contributed by atoms with Crippen molar-refractivity contribution < 1.29 is 4.79 Å². The van der Waals surface area contributed by atoms with E-state index in [4.69, 9.17) is 5.73 Å². The largest absolute Gasteiger partial charge is 0.395 e. The summed E-state index contributed by atoms with van der Waals surface area (Å²) in [5.74, 6) is -0.0715. The number of nitrogen functional groups attached to an aromatic ring is 1. The van der Waals surface area contributed by atoms with Crippen molar-refractivity contribution in [3.8, 4) is 0 Å². The highest BCUT2D eigenvalue weighted by Crippen LogP contribution is 2.29. The summed E-state index contributed by atoms with van der Waals surface area (Å²) in [6, 6.07) is 8.04. The molecule has 0 saturated heterocycles. The Balaban J connectivity index is 2.04. The Morgan fingerprint density at radius 3 is 2.80 bits per heavy atom. The summed E-state index contributed by atoms with van der Waals surface area (Å²) in [4.78, 5) is 14.6. The van der Waals surface area contributed by atoms with Gasteiger partial charge in [-0.2, -0.15) is 5.10 Å². The van der Waals surface area contributed by atoms with Crippen LogP contribution in [0, 0.1) is 6.92 Å². The smallest absolute Gasteiger partial charge is 0.278 e. The SMILES string of the molecule is Cc1nn(C)c(C(=O)N2CCCc3ccccc32)c1N. The monoisotopic (exact) mass is 270 g/mol. The van der Waals surface area contributed by atoms with Crippen LogP contribution < -0.4 is 10.6 Å². The van der Waals surface area contributed by atoms with Crippen molar-refractivity contribution in [2.75, 3.05) is 17.2 Å². The molecular formula is C15H18N4O. The fourth-order valence-corrected chi connectivity index (χ4v) is 2.80. The Kier molecular flexibility index (Phi) is 2.97. The van der Waals surface area contributed by atoms with E-state index in [-0.39, 0.29) is 5.91 Å². The van der Waals surface area contributed by atoms with E-state index in [1.807, 2.05) is 30.0 Å². The van der Waals surface area contributed by atoms with Gasteiger partial charge in [0.25, 0.3) is 5.91 Å². The number of fused-ring (bicyclic) bond motifs is 1. The highest BCUT2D eigenvalue weighted by molar-refractivity contribution is 6.09. The van der Waals surface area contributed by atoms with Crippen LogP contribution in [-0.4, -0.2) is 22.2 Å². The minimum atomic E-state index is -0.0715. The molecule has 0 spiro atoms. The van der Waals surface area contributed by atoms with E-state index in [0.717, 1.165) is 25.1 Å². The molecule has 2 aromatic rings. The molecule has 1 aliphatic rings. The summed E-state index contributed by atoms with van der Waals surface area (Å²) < 4.78 is 1.57. The van der Waals surface area contributed by atoms with Crippen LogP contribution in [0.1, 0.15) is 28.2 Å². The molecule has 20 heavy (non-hydrogen) atoms. The zero-order valence-electron chi connectivity index (χ0n) is 11.8. The molecule has 0 bridgehead atoms. The summed E-state index contributed by atoms with van der Waals surface area (Å²) in [6.07, 6.45) is 1.99. The maximum atomic E-state index is 12.8. The normalized spacial score (nSPS) is 14.2. The predicted molar refractivity (Wildman–Crippen MR) is 78.8 cm³/mol. The first-order valence-electron chi connectivity index (χ1n) is 6.78. The van der Waals surface area contributed by atoms with Crippen LogP contribution in [0.25, 0.3) is 0 Å². The van der Waals surface area contributed by atoms with E-state index in [0.29, 0.717) is 17.1 Å². The third kappa shape index (κ3) is 1.86. The van der Waals surface area contributed by atoms with Gasteiger partial charge in [0.2, 0.25) is 0 Å². The van der Waals surface area contributed by atoms with E-state index in [1.54, 1.807) is 11.7 Å². The number of aromatic nitrogens is 2. The molecule has 0 radical (unpaired) electrons. The number of carbonyl (C=O) groups excluding carboxylic acids is 1. The van der Waals surface area contributed by atoms with Crippen LogP contribution in [0.2, 0.25) is 0 Å².